The van der Waals surface area contributed by atoms with Crippen LogP contribution in [-0.4, -0.2) is 17.4 Å². The molecule has 16 heavy (non-hydrogen) atoms. The second-order valence-corrected chi connectivity index (χ2v) is 4.91. The summed E-state index contributed by atoms with van der Waals surface area (Å²) < 4.78 is 0. The van der Waals surface area contributed by atoms with E-state index in [1.165, 1.54) is 17.5 Å². The minimum atomic E-state index is 0.338. The molecule has 0 bridgehead atoms. The van der Waals surface area contributed by atoms with E-state index in [1.807, 2.05) is 4.90 Å². The van der Waals surface area contributed by atoms with Gasteiger partial charge in [0.1, 0.15) is 0 Å². The van der Waals surface area contributed by atoms with E-state index in [1.54, 1.807) is 0 Å². The van der Waals surface area contributed by atoms with Crippen LogP contribution in [0.15, 0.2) is 24.3 Å². The average molecular weight is 215 g/mol. The van der Waals surface area contributed by atoms with Crippen LogP contribution in [0.25, 0.3) is 0 Å². The van der Waals surface area contributed by atoms with Gasteiger partial charge in [0.2, 0.25) is 5.91 Å². The number of carbonyl (C=O) groups excluding carboxylic acids is 1. The summed E-state index contributed by atoms with van der Waals surface area (Å²) >= 11 is 0. The molecule has 0 saturated heterocycles. The van der Waals surface area contributed by atoms with Gasteiger partial charge in [0.15, 0.2) is 0 Å². The van der Waals surface area contributed by atoms with Crippen molar-refractivity contribution in [3.8, 4) is 0 Å². The number of fused-ring (bicyclic) bond motifs is 1. The molecular formula is C14H17NO. The Bertz CT molecular complexity index is 409. The molecule has 1 aliphatic heterocycles. The van der Waals surface area contributed by atoms with Gasteiger partial charge in [-0.1, -0.05) is 30.7 Å². The third-order valence-electron chi connectivity index (χ3n) is 3.90. The van der Waals surface area contributed by atoms with E-state index < -0.39 is 0 Å². The van der Waals surface area contributed by atoms with Crippen LogP contribution < -0.4 is 0 Å². The fourth-order valence-corrected chi connectivity index (χ4v) is 2.60. The quantitative estimate of drug-likeness (QED) is 0.704. The van der Waals surface area contributed by atoms with Crippen molar-refractivity contribution < 1.29 is 4.79 Å². The summed E-state index contributed by atoms with van der Waals surface area (Å²) in [6.07, 6.45) is 4.48. The molecular weight excluding hydrogens is 198 g/mol. The zero-order valence-corrected chi connectivity index (χ0v) is 9.48. The zero-order valence-electron chi connectivity index (χ0n) is 9.48. The normalized spacial score (nSPS) is 20.1. The van der Waals surface area contributed by atoms with Crippen LogP contribution in [-0.2, 0) is 17.8 Å². The first kappa shape index (κ1) is 9.88. The molecule has 1 aromatic rings. The van der Waals surface area contributed by atoms with Gasteiger partial charge in [-0.05, 0) is 30.4 Å². The van der Waals surface area contributed by atoms with Crippen LogP contribution in [0, 0.1) is 5.92 Å². The largest absolute Gasteiger partial charge is 0.338 e. The molecule has 1 heterocycles. The van der Waals surface area contributed by atoms with Gasteiger partial charge >= 0.3 is 0 Å². The molecule has 0 unspecified atom stereocenters. The number of nitrogens with zero attached hydrogens (tertiary/aromatic N) is 1. The summed E-state index contributed by atoms with van der Waals surface area (Å²) in [6, 6.07) is 8.48. The van der Waals surface area contributed by atoms with Gasteiger partial charge in [0.05, 0.1) is 0 Å². The average Bonchev–Trinajstić information content (AvgIpc) is 2.26. The van der Waals surface area contributed by atoms with E-state index in [0.717, 1.165) is 32.4 Å². The van der Waals surface area contributed by atoms with Crippen molar-refractivity contribution in [1.82, 2.24) is 4.90 Å². The van der Waals surface area contributed by atoms with Gasteiger partial charge in [0.25, 0.3) is 0 Å². The van der Waals surface area contributed by atoms with Crippen LogP contribution in [0.5, 0.6) is 0 Å². The maximum absolute atomic E-state index is 12.1. The molecule has 3 rings (SSSR count). The first-order valence-electron chi connectivity index (χ1n) is 6.20. The summed E-state index contributed by atoms with van der Waals surface area (Å²) in [6.45, 7) is 1.73. The lowest BCUT2D eigenvalue weighted by molar-refractivity contribution is -0.139. The van der Waals surface area contributed by atoms with Gasteiger partial charge in [-0.25, -0.2) is 0 Å². The third-order valence-corrected chi connectivity index (χ3v) is 3.90. The molecule has 1 fully saturated rings. The van der Waals surface area contributed by atoms with Crippen LogP contribution in [0.2, 0.25) is 0 Å². The predicted octanol–water partition coefficient (Wildman–Crippen LogP) is 2.37. The molecule has 2 heteroatoms. The Kier molecular flexibility index (Phi) is 2.43. The number of rotatable bonds is 1. The summed E-state index contributed by atoms with van der Waals surface area (Å²) in [5, 5.41) is 0. The molecule has 0 N–H and O–H groups in total. The molecule has 84 valence electrons. The monoisotopic (exact) mass is 215 g/mol. The highest BCUT2D eigenvalue weighted by molar-refractivity contribution is 5.79. The molecule has 1 amide bonds. The lowest BCUT2D eigenvalue weighted by Crippen LogP contribution is -2.41. The number of carbonyl (C=O) groups is 1. The van der Waals surface area contributed by atoms with Crippen LogP contribution in [0.1, 0.15) is 30.4 Å². The van der Waals surface area contributed by atoms with E-state index in [4.69, 9.17) is 0 Å². The molecule has 2 nitrogen and oxygen atoms in total. The zero-order chi connectivity index (χ0) is 11.0. The van der Waals surface area contributed by atoms with Gasteiger partial charge in [-0.15, -0.1) is 0 Å². The summed E-state index contributed by atoms with van der Waals surface area (Å²) in [5.41, 5.74) is 2.75. The minimum Gasteiger partial charge on any atom is -0.338 e. The molecule has 1 aliphatic carbocycles. The third kappa shape index (κ3) is 1.62. The summed E-state index contributed by atoms with van der Waals surface area (Å²) in [5.74, 6) is 0.728. The minimum absolute atomic E-state index is 0.338. The van der Waals surface area contributed by atoms with E-state index >= 15 is 0 Å². The van der Waals surface area contributed by atoms with Crippen molar-refractivity contribution in [2.24, 2.45) is 5.92 Å². The lowest BCUT2D eigenvalue weighted by atomic mass is 9.84. The van der Waals surface area contributed by atoms with E-state index in [-0.39, 0.29) is 0 Å². The van der Waals surface area contributed by atoms with Gasteiger partial charge in [-0.2, -0.15) is 0 Å². The number of benzene rings is 1. The molecule has 1 aromatic carbocycles. The predicted molar refractivity (Wildman–Crippen MR) is 62.9 cm³/mol. The Labute approximate surface area is 96.3 Å². The second kappa shape index (κ2) is 3.93. The number of amides is 1. The van der Waals surface area contributed by atoms with Gasteiger partial charge in [0, 0.05) is 19.0 Å². The van der Waals surface area contributed by atoms with Crippen LogP contribution in [0.3, 0.4) is 0 Å². The van der Waals surface area contributed by atoms with Crippen molar-refractivity contribution in [2.45, 2.75) is 32.2 Å². The Morgan fingerprint density at radius 3 is 2.62 bits per heavy atom. The lowest BCUT2D eigenvalue weighted by Gasteiger charge is -2.34. The van der Waals surface area contributed by atoms with Crippen LogP contribution >= 0.6 is 0 Å². The molecule has 0 atom stereocenters. The van der Waals surface area contributed by atoms with Crippen molar-refractivity contribution in [3.05, 3.63) is 35.4 Å². The van der Waals surface area contributed by atoms with E-state index in [2.05, 4.69) is 24.3 Å². The fourth-order valence-electron chi connectivity index (χ4n) is 2.60. The highest BCUT2D eigenvalue weighted by Crippen LogP contribution is 2.30. The highest BCUT2D eigenvalue weighted by Gasteiger charge is 2.30. The molecule has 0 radical (unpaired) electrons. The maximum Gasteiger partial charge on any atom is 0.225 e. The summed E-state index contributed by atoms with van der Waals surface area (Å²) in [7, 11) is 0. The van der Waals surface area contributed by atoms with Crippen molar-refractivity contribution in [1.29, 1.82) is 0 Å². The Hall–Kier alpha value is -1.31. The van der Waals surface area contributed by atoms with E-state index in [9.17, 15) is 4.79 Å². The smallest absolute Gasteiger partial charge is 0.225 e. The second-order valence-electron chi connectivity index (χ2n) is 4.91. The van der Waals surface area contributed by atoms with Crippen molar-refractivity contribution in [3.63, 3.8) is 0 Å². The molecule has 0 aromatic heterocycles. The highest BCUT2D eigenvalue weighted by atomic mass is 16.2. The SMILES string of the molecule is O=C(C1CCC1)N1CCc2ccccc2C1. The molecule has 0 spiro atoms. The van der Waals surface area contributed by atoms with Gasteiger partial charge in [-0.3, -0.25) is 4.79 Å². The van der Waals surface area contributed by atoms with E-state index in [0.29, 0.717) is 11.8 Å². The molecule has 1 saturated carbocycles. The van der Waals surface area contributed by atoms with Gasteiger partial charge < -0.3 is 4.90 Å². The first-order valence-corrected chi connectivity index (χ1v) is 6.20. The number of hydrogen-bond acceptors (Lipinski definition) is 1. The Balaban J connectivity index is 1.74. The molecule has 2 aliphatic rings. The standard InChI is InChI=1S/C14H17NO/c16-14(12-6-3-7-12)15-9-8-11-4-1-2-5-13(11)10-15/h1-2,4-5,12H,3,6-10H2. The fraction of sp³-hybridized carbons (Fsp3) is 0.500. The maximum atomic E-state index is 12.1. The topological polar surface area (TPSA) is 20.3 Å². The summed E-state index contributed by atoms with van der Waals surface area (Å²) in [4.78, 5) is 14.2. The van der Waals surface area contributed by atoms with Crippen molar-refractivity contribution in [2.75, 3.05) is 6.54 Å². The number of hydrogen-bond donors (Lipinski definition) is 0. The Morgan fingerprint density at radius 2 is 1.94 bits per heavy atom. The Morgan fingerprint density at radius 1 is 1.19 bits per heavy atom. The van der Waals surface area contributed by atoms with Crippen LogP contribution in [0.4, 0.5) is 0 Å². The first-order chi connectivity index (χ1) is 7.84. The van der Waals surface area contributed by atoms with Crippen molar-refractivity contribution >= 4 is 5.91 Å².